The van der Waals surface area contributed by atoms with Gasteiger partial charge in [-0.1, -0.05) is 17.4 Å². The van der Waals surface area contributed by atoms with Crippen molar-refractivity contribution in [3.63, 3.8) is 0 Å². The first-order chi connectivity index (χ1) is 11.0. The lowest BCUT2D eigenvalue weighted by atomic mass is 10.2. The number of hydrogen-bond acceptors (Lipinski definition) is 4. The predicted octanol–water partition coefficient (Wildman–Crippen LogP) is 4.14. The number of benzene rings is 2. The Kier molecular flexibility index (Phi) is 3.96. The highest BCUT2D eigenvalue weighted by Crippen LogP contribution is 2.34. The van der Waals surface area contributed by atoms with Crippen molar-refractivity contribution in [2.24, 2.45) is 0 Å². The molecule has 0 saturated heterocycles. The lowest BCUT2D eigenvalue weighted by molar-refractivity contribution is 0.102. The van der Waals surface area contributed by atoms with Gasteiger partial charge in [0.25, 0.3) is 5.91 Å². The molecular weight excluding hydrogens is 322 g/mol. The number of carbonyl (C=O) groups is 1. The van der Waals surface area contributed by atoms with Gasteiger partial charge in [0.1, 0.15) is 22.9 Å². The normalized spacial score (nSPS) is 10.8. The summed E-state index contributed by atoms with van der Waals surface area (Å²) in [6.45, 7) is 1.92. The molecule has 2 aromatic carbocycles. The quantitative estimate of drug-likeness (QED) is 0.783. The van der Waals surface area contributed by atoms with E-state index in [-0.39, 0.29) is 5.56 Å². The molecule has 4 nitrogen and oxygen atoms in total. The van der Waals surface area contributed by atoms with Crippen molar-refractivity contribution < 1.29 is 18.3 Å². The largest absolute Gasteiger partial charge is 0.494 e. The lowest BCUT2D eigenvalue weighted by Crippen LogP contribution is -2.13. The second-order valence-electron chi connectivity index (χ2n) is 4.86. The second kappa shape index (κ2) is 5.92. The summed E-state index contributed by atoms with van der Waals surface area (Å²) in [4.78, 5) is 16.4. The molecular formula is C16H12F2N2O2S. The van der Waals surface area contributed by atoms with Gasteiger partial charge in [0.15, 0.2) is 5.13 Å². The predicted molar refractivity (Wildman–Crippen MR) is 85.2 cm³/mol. The van der Waals surface area contributed by atoms with Crippen LogP contribution in [0, 0.1) is 18.6 Å². The van der Waals surface area contributed by atoms with Gasteiger partial charge in [-0.2, -0.15) is 0 Å². The Morgan fingerprint density at radius 3 is 2.74 bits per heavy atom. The maximum absolute atomic E-state index is 13.7. The summed E-state index contributed by atoms with van der Waals surface area (Å²) in [5, 5.41) is 2.86. The van der Waals surface area contributed by atoms with Crippen LogP contribution in [0.15, 0.2) is 30.3 Å². The van der Waals surface area contributed by atoms with Gasteiger partial charge >= 0.3 is 0 Å². The minimum absolute atomic E-state index is 0.241. The number of aryl methyl sites for hydroxylation is 1. The van der Waals surface area contributed by atoms with Gasteiger partial charge in [0, 0.05) is 6.07 Å². The third-order valence-electron chi connectivity index (χ3n) is 3.32. The van der Waals surface area contributed by atoms with Crippen LogP contribution in [0.5, 0.6) is 5.75 Å². The molecule has 0 aliphatic heterocycles. The summed E-state index contributed by atoms with van der Waals surface area (Å²) in [6, 6.07) is 6.48. The molecule has 0 bridgehead atoms. The molecule has 3 rings (SSSR count). The number of rotatable bonds is 3. The molecule has 0 aliphatic carbocycles. The van der Waals surface area contributed by atoms with E-state index < -0.39 is 17.5 Å². The molecule has 0 aliphatic rings. The molecule has 0 spiro atoms. The zero-order chi connectivity index (χ0) is 16.6. The van der Waals surface area contributed by atoms with Crippen LogP contribution in [0.3, 0.4) is 0 Å². The van der Waals surface area contributed by atoms with Crippen LogP contribution in [0.4, 0.5) is 13.9 Å². The number of fused-ring (bicyclic) bond motifs is 1. The monoisotopic (exact) mass is 334 g/mol. The molecule has 7 heteroatoms. The first-order valence-electron chi connectivity index (χ1n) is 6.70. The van der Waals surface area contributed by atoms with E-state index in [4.69, 9.17) is 4.74 Å². The maximum Gasteiger partial charge on any atom is 0.260 e. The fraction of sp³-hybridized carbons (Fsp3) is 0.125. The SMILES string of the molecule is COc1ccc(C)c2sc(NC(=O)c3ccc(F)cc3F)nc12. The van der Waals surface area contributed by atoms with Crippen molar-refractivity contribution in [2.45, 2.75) is 6.92 Å². The van der Waals surface area contributed by atoms with Gasteiger partial charge in [0.05, 0.1) is 17.4 Å². The van der Waals surface area contributed by atoms with Crippen LogP contribution >= 0.6 is 11.3 Å². The standard InChI is InChI=1S/C16H12F2N2O2S/c1-8-3-6-12(22-2)13-14(8)23-16(19-13)20-15(21)10-5-4-9(17)7-11(10)18/h3-7H,1-2H3,(H,19,20,21). The van der Waals surface area contributed by atoms with Crippen LogP contribution < -0.4 is 10.1 Å². The van der Waals surface area contributed by atoms with Crippen LogP contribution in [0.1, 0.15) is 15.9 Å². The molecule has 0 unspecified atom stereocenters. The number of methoxy groups -OCH3 is 1. The first-order valence-corrected chi connectivity index (χ1v) is 7.52. The molecule has 23 heavy (non-hydrogen) atoms. The van der Waals surface area contributed by atoms with Crippen LogP contribution in [0.2, 0.25) is 0 Å². The molecule has 0 atom stereocenters. The van der Waals surface area contributed by atoms with E-state index in [2.05, 4.69) is 10.3 Å². The third kappa shape index (κ3) is 2.87. The van der Waals surface area contributed by atoms with Gasteiger partial charge in [-0.15, -0.1) is 0 Å². The number of hydrogen-bond donors (Lipinski definition) is 1. The number of anilines is 1. The molecule has 1 amide bonds. The Hall–Kier alpha value is -2.54. The number of nitrogens with one attached hydrogen (secondary N) is 1. The molecule has 1 N–H and O–H groups in total. The summed E-state index contributed by atoms with van der Waals surface area (Å²) >= 11 is 1.27. The van der Waals surface area contributed by atoms with E-state index >= 15 is 0 Å². The van der Waals surface area contributed by atoms with Crippen LogP contribution in [0.25, 0.3) is 10.2 Å². The molecule has 0 saturated carbocycles. The van der Waals surface area contributed by atoms with Crippen molar-refractivity contribution in [3.8, 4) is 5.75 Å². The fourth-order valence-corrected chi connectivity index (χ4v) is 3.11. The summed E-state index contributed by atoms with van der Waals surface area (Å²) in [7, 11) is 1.54. The highest BCUT2D eigenvalue weighted by Gasteiger charge is 2.16. The summed E-state index contributed by atoms with van der Waals surface area (Å²) in [5.74, 6) is -1.75. The minimum atomic E-state index is -0.919. The van der Waals surface area contributed by atoms with Gasteiger partial charge in [0.2, 0.25) is 0 Å². The Morgan fingerprint density at radius 1 is 1.26 bits per heavy atom. The Bertz CT molecular complexity index is 908. The van der Waals surface area contributed by atoms with Crippen molar-refractivity contribution in [3.05, 3.63) is 53.1 Å². The van der Waals surface area contributed by atoms with Gasteiger partial charge < -0.3 is 4.74 Å². The van der Waals surface area contributed by atoms with Gasteiger partial charge in [-0.25, -0.2) is 13.8 Å². The molecule has 0 fully saturated rings. The molecule has 1 aromatic heterocycles. The number of ether oxygens (including phenoxy) is 1. The average Bonchev–Trinajstić information content (AvgIpc) is 2.92. The Morgan fingerprint density at radius 2 is 2.04 bits per heavy atom. The lowest BCUT2D eigenvalue weighted by Gasteiger charge is -2.03. The van der Waals surface area contributed by atoms with E-state index in [1.54, 1.807) is 6.07 Å². The summed E-state index contributed by atoms with van der Waals surface area (Å²) < 4.78 is 32.7. The van der Waals surface area contributed by atoms with Crippen LogP contribution in [-0.4, -0.2) is 18.0 Å². The van der Waals surface area contributed by atoms with Crippen molar-refractivity contribution in [1.29, 1.82) is 0 Å². The second-order valence-corrected chi connectivity index (χ2v) is 5.86. The molecule has 1 heterocycles. The molecule has 3 aromatic rings. The van der Waals surface area contributed by atoms with E-state index in [9.17, 15) is 13.6 Å². The van der Waals surface area contributed by atoms with Gasteiger partial charge in [-0.3, -0.25) is 10.1 Å². The molecule has 0 radical (unpaired) electrons. The van der Waals surface area contributed by atoms with Crippen molar-refractivity contribution in [2.75, 3.05) is 12.4 Å². The maximum atomic E-state index is 13.7. The molecule has 118 valence electrons. The Balaban J connectivity index is 1.95. The number of nitrogens with zero attached hydrogens (tertiary/aromatic N) is 1. The fourth-order valence-electron chi connectivity index (χ4n) is 2.17. The zero-order valence-corrected chi connectivity index (χ0v) is 13.1. The van der Waals surface area contributed by atoms with Gasteiger partial charge in [-0.05, 0) is 30.7 Å². The minimum Gasteiger partial charge on any atom is -0.494 e. The van der Waals surface area contributed by atoms with E-state index in [0.717, 1.165) is 22.4 Å². The smallest absolute Gasteiger partial charge is 0.260 e. The number of amides is 1. The van der Waals surface area contributed by atoms with Crippen molar-refractivity contribution >= 4 is 32.6 Å². The highest BCUT2D eigenvalue weighted by atomic mass is 32.1. The number of carbonyl (C=O) groups excluding carboxylic acids is 1. The number of thiazole rings is 1. The van der Waals surface area contributed by atoms with E-state index in [0.29, 0.717) is 22.5 Å². The third-order valence-corrected chi connectivity index (χ3v) is 4.43. The first kappa shape index (κ1) is 15.4. The highest BCUT2D eigenvalue weighted by molar-refractivity contribution is 7.22. The van der Waals surface area contributed by atoms with Crippen molar-refractivity contribution in [1.82, 2.24) is 4.98 Å². The summed E-state index contributed by atoms with van der Waals surface area (Å²) in [6.07, 6.45) is 0. The zero-order valence-electron chi connectivity index (χ0n) is 12.3. The van der Waals surface area contributed by atoms with E-state index in [1.165, 1.54) is 18.4 Å². The number of halogens is 2. The Labute approximate surface area is 134 Å². The average molecular weight is 334 g/mol. The van der Waals surface area contributed by atoms with Crippen LogP contribution in [-0.2, 0) is 0 Å². The summed E-state index contributed by atoms with van der Waals surface area (Å²) in [5.41, 5.74) is 1.38. The topological polar surface area (TPSA) is 51.2 Å². The number of aromatic nitrogens is 1. The van der Waals surface area contributed by atoms with E-state index in [1.807, 2.05) is 13.0 Å².